The van der Waals surface area contributed by atoms with Crippen molar-refractivity contribution < 1.29 is 27.6 Å². The Kier molecular flexibility index (Phi) is 9.41. The normalized spacial score (nSPS) is 11.9. The number of likely N-dealkylation sites (N-methyl/N-ethyl adjacent to an activating group) is 1. The van der Waals surface area contributed by atoms with Gasteiger partial charge in [0.2, 0.25) is 0 Å². The number of hydrogen-bond donors (Lipinski definition) is 2. The van der Waals surface area contributed by atoms with Crippen LogP contribution in [0, 0.1) is 0 Å². The minimum absolute atomic E-state index is 0.247. The van der Waals surface area contributed by atoms with Crippen LogP contribution < -0.4 is 10.6 Å². The first-order valence-corrected chi connectivity index (χ1v) is 14.6. The maximum Gasteiger partial charge on any atom is 0.416 e. The summed E-state index contributed by atoms with van der Waals surface area (Å²) in [4.78, 5) is 50.3. The number of halogens is 3. The van der Waals surface area contributed by atoms with Gasteiger partial charge >= 0.3 is 6.18 Å². The van der Waals surface area contributed by atoms with Crippen LogP contribution in [0.3, 0.4) is 0 Å². The minimum atomic E-state index is -4.46. The molecule has 11 heteroatoms. The third-order valence-corrected chi connectivity index (χ3v) is 7.47. The van der Waals surface area contributed by atoms with Gasteiger partial charge in [0.25, 0.3) is 17.7 Å². The molecule has 5 rings (SSSR count). The van der Waals surface area contributed by atoms with Crippen LogP contribution in [-0.2, 0) is 11.0 Å². The van der Waals surface area contributed by atoms with E-state index >= 15 is 0 Å². The van der Waals surface area contributed by atoms with E-state index in [-0.39, 0.29) is 17.3 Å². The fourth-order valence-electron chi connectivity index (χ4n) is 5.03. The van der Waals surface area contributed by atoms with Crippen molar-refractivity contribution in [1.82, 2.24) is 20.2 Å². The molecule has 8 nitrogen and oxygen atoms in total. The number of nitrogens with zero attached hydrogens (tertiary/aromatic N) is 3. The Labute approximate surface area is 263 Å². The van der Waals surface area contributed by atoms with E-state index in [1.807, 2.05) is 13.8 Å². The van der Waals surface area contributed by atoms with Crippen LogP contribution in [-0.4, -0.2) is 45.7 Å². The highest BCUT2D eigenvalue weighted by molar-refractivity contribution is 6.09. The molecular weight excluding hydrogens is 595 g/mol. The standard InChI is InChI=1S/C35H30F3N5O3/c1-3-43(4-2)34(46)31(29-11-7-8-20-39-29)42-32(44)24-14-18-28-23(21-24)15-19-30(40-28)41-33(45)27-10-6-5-9-26(27)22-12-16-25(17-13-22)35(36,37)38/h5-21,31H,3-4H2,1-2H3,(H,42,44)(H,40,41,45)/t31-/m0/s1. The van der Waals surface area contributed by atoms with E-state index in [4.69, 9.17) is 0 Å². The summed E-state index contributed by atoms with van der Waals surface area (Å²) in [5.74, 6) is -0.969. The maximum atomic E-state index is 13.3. The number of anilines is 1. The van der Waals surface area contributed by atoms with Crippen LogP contribution in [0.4, 0.5) is 19.0 Å². The summed E-state index contributed by atoms with van der Waals surface area (Å²) < 4.78 is 39.1. The van der Waals surface area contributed by atoms with E-state index in [0.29, 0.717) is 46.4 Å². The molecule has 0 aliphatic carbocycles. The van der Waals surface area contributed by atoms with Crippen molar-refractivity contribution in [3.8, 4) is 11.1 Å². The van der Waals surface area contributed by atoms with Gasteiger partial charge in [0.1, 0.15) is 5.82 Å². The highest BCUT2D eigenvalue weighted by atomic mass is 19.4. The zero-order chi connectivity index (χ0) is 32.8. The Morgan fingerprint density at radius 3 is 2.22 bits per heavy atom. The molecule has 3 aromatic carbocycles. The van der Waals surface area contributed by atoms with Gasteiger partial charge in [-0.2, -0.15) is 13.2 Å². The predicted octanol–water partition coefficient (Wildman–Crippen LogP) is 6.91. The fraction of sp³-hybridized carbons (Fsp3) is 0.171. The molecule has 0 fully saturated rings. The molecule has 0 radical (unpaired) electrons. The SMILES string of the molecule is CCN(CC)C(=O)[C@@H](NC(=O)c1ccc2nc(NC(=O)c3ccccc3-c3ccc(C(F)(F)F)cc3)ccc2c1)c1ccccn1. The first-order chi connectivity index (χ1) is 22.1. The third kappa shape index (κ3) is 7.04. The van der Waals surface area contributed by atoms with Crippen molar-refractivity contribution in [2.45, 2.75) is 26.1 Å². The molecule has 2 aromatic heterocycles. The summed E-state index contributed by atoms with van der Waals surface area (Å²) in [7, 11) is 0. The van der Waals surface area contributed by atoms with Gasteiger partial charge in [-0.25, -0.2) is 4.98 Å². The summed E-state index contributed by atoms with van der Waals surface area (Å²) >= 11 is 0. The van der Waals surface area contributed by atoms with Crippen LogP contribution >= 0.6 is 0 Å². The van der Waals surface area contributed by atoms with E-state index in [1.54, 1.807) is 83.9 Å². The minimum Gasteiger partial charge on any atom is -0.341 e. The van der Waals surface area contributed by atoms with Crippen molar-refractivity contribution in [3.05, 3.63) is 126 Å². The maximum absolute atomic E-state index is 13.3. The fourth-order valence-corrected chi connectivity index (χ4v) is 5.03. The molecule has 2 heterocycles. The average Bonchev–Trinajstić information content (AvgIpc) is 3.07. The van der Waals surface area contributed by atoms with Crippen LogP contribution in [0.15, 0.2) is 103 Å². The Balaban J connectivity index is 1.34. The lowest BCUT2D eigenvalue weighted by molar-refractivity contribution is -0.137. The van der Waals surface area contributed by atoms with Gasteiger partial charge in [0.15, 0.2) is 6.04 Å². The largest absolute Gasteiger partial charge is 0.416 e. The quantitative estimate of drug-likeness (QED) is 0.185. The Morgan fingerprint density at radius 2 is 1.54 bits per heavy atom. The van der Waals surface area contributed by atoms with E-state index < -0.39 is 29.6 Å². The number of alkyl halides is 3. The van der Waals surface area contributed by atoms with Crippen molar-refractivity contribution in [1.29, 1.82) is 0 Å². The number of hydrogen-bond acceptors (Lipinski definition) is 5. The molecule has 0 saturated carbocycles. The molecule has 0 aliphatic heterocycles. The summed E-state index contributed by atoms with van der Waals surface area (Å²) in [6, 6.07) is 23.6. The van der Waals surface area contributed by atoms with E-state index in [1.165, 1.54) is 12.1 Å². The molecule has 46 heavy (non-hydrogen) atoms. The molecule has 0 bridgehead atoms. The lowest BCUT2D eigenvalue weighted by Gasteiger charge is -2.25. The summed E-state index contributed by atoms with van der Waals surface area (Å²) in [5, 5.41) is 6.20. The summed E-state index contributed by atoms with van der Waals surface area (Å²) in [5.41, 5.74) is 1.65. The number of pyridine rings is 2. The Morgan fingerprint density at radius 1 is 0.826 bits per heavy atom. The molecule has 0 unspecified atom stereocenters. The van der Waals surface area contributed by atoms with Crippen molar-refractivity contribution in [2.75, 3.05) is 18.4 Å². The number of benzene rings is 3. The lowest BCUT2D eigenvalue weighted by atomic mass is 9.98. The van der Waals surface area contributed by atoms with E-state index in [9.17, 15) is 27.6 Å². The van der Waals surface area contributed by atoms with Gasteiger partial charge in [0.05, 0.1) is 16.8 Å². The number of rotatable bonds is 9. The van der Waals surface area contributed by atoms with Crippen molar-refractivity contribution >= 4 is 34.4 Å². The predicted molar refractivity (Wildman–Crippen MR) is 169 cm³/mol. The molecule has 234 valence electrons. The second-order valence-electron chi connectivity index (χ2n) is 10.4. The van der Waals surface area contributed by atoms with Crippen LogP contribution in [0.2, 0.25) is 0 Å². The van der Waals surface area contributed by atoms with Crippen molar-refractivity contribution in [3.63, 3.8) is 0 Å². The smallest absolute Gasteiger partial charge is 0.341 e. The number of nitrogens with one attached hydrogen (secondary N) is 2. The Hall–Kier alpha value is -5.58. The zero-order valence-corrected chi connectivity index (χ0v) is 25.0. The molecule has 1 atom stereocenters. The monoisotopic (exact) mass is 625 g/mol. The van der Waals surface area contributed by atoms with Crippen LogP contribution in [0.1, 0.15) is 51.9 Å². The summed E-state index contributed by atoms with van der Waals surface area (Å²) in [6.45, 7) is 4.69. The third-order valence-electron chi connectivity index (χ3n) is 7.47. The van der Waals surface area contributed by atoms with Crippen LogP contribution in [0.5, 0.6) is 0 Å². The van der Waals surface area contributed by atoms with E-state index in [2.05, 4.69) is 20.6 Å². The molecule has 3 amide bonds. The first kappa shape index (κ1) is 31.8. The van der Waals surface area contributed by atoms with Gasteiger partial charge in [-0.15, -0.1) is 0 Å². The second kappa shape index (κ2) is 13.6. The summed E-state index contributed by atoms with van der Waals surface area (Å²) in [6.07, 6.45) is -2.90. The van der Waals surface area contributed by atoms with Crippen molar-refractivity contribution in [2.24, 2.45) is 0 Å². The van der Waals surface area contributed by atoms with Gasteiger partial charge in [-0.3, -0.25) is 19.4 Å². The topological polar surface area (TPSA) is 104 Å². The zero-order valence-electron chi connectivity index (χ0n) is 25.0. The van der Waals surface area contributed by atoms with Crippen LogP contribution in [0.25, 0.3) is 22.0 Å². The number of aromatic nitrogens is 2. The molecular formula is C35H30F3N5O3. The molecule has 5 aromatic rings. The first-order valence-electron chi connectivity index (χ1n) is 14.6. The second-order valence-corrected chi connectivity index (χ2v) is 10.4. The molecule has 2 N–H and O–H groups in total. The number of carbonyl (C=O) groups is 3. The van der Waals surface area contributed by atoms with Gasteiger partial charge in [-0.05, 0) is 85.6 Å². The number of fused-ring (bicyclic) bond motifs is 1. The lowest BCUT2D eigenvalue weighted by Crippen LogP contribution is -2.43. The van der Waals surface area contributed by atoms with Gasteiger partial charge in [0, 0.05) is 35.8 Å². The highest BCUT2D eigenvalue weighted by Gasteiger charge is 2.30. The average molecular weight is 626 g/mol. The number of amides is 3. The number of carbonyl (C=O) groups excluding carboxylic acids is 3. The highest BCUT2D eigenvalue weighted by Crippen LogP contribution is 2.32. The van der Waals surface area contributed by atoms with E-state index in [0.717, 1.165) is 12.1 Å². The Bertz CT molecular complexity index is 1880. The van der Waals surface area contributed by atoms with Gasteiger partial charge in [-0.1, -0.05) is 36.4 Å². The molecule has 0 saturated heterocycles. The molecule has 0 aliphatic rings. The van der Waals surface area contributed by atoms with Gasteiger partial charge < -0.3 is 15.5 Å². The molecule has 0 spiro atoms.